The van der Waals surface area contributed by atoms with Gasteiger partial charge < -0.3 is 4.90 Å². The van der Waals surface area contributed by atoms with Crippen LogP contribution >= 0.6 is 11.6 Å². The molecule has 1 amide bonds. The summed E-state index contributed by atoms with van der Waals surface area (Å²) in [7, 11) is -1.20. The van der Waals surface area contributed by atoms with Crippen molar-refractivity contribution in [3.63, 3.8) is 0 Å². The normalized spacial score (nSPS) is 15.1. The topological polar surface area (TPSA) is 37.4 Å². The van der Waals surface area contributed by atoms with Gasteiger partial charge in [0.1, 0.15) is 5.75 Å². The molecular formula is C18H18ClNO2S. The third kappa shape index (κ3) is 4.21. The molecule has 1 unspecified atom stereocenters. The van der Waals surface area contributed by atoms with Crippen LogP contribution in [0.25, 0.3) is 0 Å². The molecule has 120 valence electrons. The van der Waals surface area contributed by atoms with E-state index >= 15 is 0 Å². The molecule has 1 heterocycles. The maximum Gasteiger partial charge on any atom is 0.235 e. The van der Waals surface area contributed by atoms with E-state index in [0.717, 1.165) is 12.0 Å². The maximum atomic E-state index is 12.4. The minimum absolute atomic E-state index is 0.0354. The Bertz CT molecular complexity index is 730. The van der Waals surface area contributed by atoms with E-state index < -0.39 is 10.8 Å². The van der Waals surface area contributed by atoms with E-state index in [2.05, 4.69) is 12.1 Å². The van der Waals surface area contributed by atoms with Crippen LogP contribution in [-0.4, -0.2) is 27.3 Å². The smallest absolute Gasteiger partial charge is 0.235 e. The quantitative estimate of drug-likeness (QED) is 0.851. The summed E-state index contributed by atoms with van der Waals surface area (Å²) in [4.78, 5) is 14.2. The van der Waals surface area contributed by atoms with E-state index in [9.17, 15) is 9.00 Å². The average Bonchev–Trinajstić information content (AvgIpc) is 2.56. The largest absolute Gasteiger partial charge is 0.337 e. The number of amides is 1. The van der Waals surface area contributed by atoms with Gasteiger partial charge in [-0.1, -0.05) is 48.0 Å². The molecule has 5 heteroatoms. The molecule has 3 nitrogen and oxygen atoms in total. The standard InChI is InChI=1S/C18H18ClNO2S/c19-17-7-5-14(6-8-17)12-23(22)13-18(21)20-10-9-15-3-1-2-4-16(15)11-20/h1-8H,9-13H2. The van der Waals surface area contributed by atoms with E-state index in [1.165, 1.54) is 11.1 Å². The van der Waals surface area contributed by atoms with Gasteiger partial charge in [0, 0.05) is 34.7 Å². The highest BCUT2D eigenvalue weighted by atomic mass is 35.5. The van der Waals surface area contributed by atoms with Crippen LogP contribution < -0.4 is 0 Å². The summed E-state index contributed by atoms with van der Waals surface area (Å²) in [5.74, 6) is 0.421. The Labute approximate surface area is 143 Å². The fraction of sp³-hybridized carbons (Fsp3) is 0.278. The Morgan fingerprint density at radius 3 is 2.52 bits per heavy atom. The van der Waals surface area contributed by atoms with Gasteiger partial charge >= 0.3 is 0 Å². The number of halogens is 1. The van der Waals surface area contributed by atoms with E-state index in [0.29, 0.717) is 23.9 Å². The highest BCUT2D eigenvalue weighted by Crippen LogP contribution is 2.19. The number of hydrogen-bond acceptors (Lipinski definition) is 2. The average molecular weight is 348 g/mol. The summed E-state index contributed by atoms with van der Waals surface area (Å²) in [6, 6.07) is 15.4. The molecule has 0 spiro atoms. The molecule has 3 rings (SSSR count). The minimum atomic E-state index is -1.20. The summed E-state index contributed by atoms with van der Waals surface area (Å²) in [5, 5.41) is 0.655. The second-order valence-electron chi connectivity index (χ2n) is 5.69. The van der Waals surface area contributed by atoms with Crippen LogP contribution in [0.5, 0.6) is 0 Å². The van der Waals surface area contributed by atoms with Crippen molar-refractivity contribution in [1.29, 1.82) is 0 Å². The van der Waals surface area contributed by atoms with Crippen molar-refractivity contribution in [2.75, 3.05) is 12.3 Å². The third-order valence-electron chi connectivity index (χ3n) is 4.01. The Morgan fingerprint density at radius 2 is 1.78 bits per heavy atom. The lowest BCUT2D eigenvalue weighted by atomic mass is 10.00. The zero-order valence-electron chi connectivity index (χ0n) is 12.7. The summed E-state index contributed by atoms with van der Waals surface area (Å²) < 4.78 is 12.2. The number of fused-ring (bicyclic) bond motifs is 1. The molecule has 0 fully saturated rings. The third-order valence-corrected chi connectivity index (χ3v) is 5.48. The SMILES string of the molecule is O=C(CS(=O)Cc1ccc(Cl)cc1)N1CCc2ccccc2C1. The van der Waals surface area contributed by atoms with Gasteiger partial charge in [-0.3, -0.25) is 9.00 Å². The molecule has 1 atom stereocenters. The molecule has 1 aliphatic heterocycles. The lowest BCUT2D eigenvalue weighted by Gasteiger charge is -2.28. The van der Waals surface area contributed by atoms with Crippen LogP contribution in [-0.2, 0) is 34.3 Å². The van der Waals surface area contributed by atoms with Gasteiger partial charge in [0.25, 0.3) is 0 Å². The second kappa shape index (κ2) is 7.28. The Hall–Kier alpha value is -1.65. The molecule has 0 bridgehead atoms. The number of nitrogens with zero attached hydrogens (tertiary/aromatic N) is 1. The molecule has 2 aromatic rings. The maximum absolute atomic E-state index is 12.4. The number of benzene rings is 2. The lowest BCUT2D eigenvalue weighted by molar-refractivity contribution is -0.129. The van der Waals surface area contributed by atoms with Gasteiger partial charge in [0.05, 0.1) is 0 Å². The Morgan fingerprint density at radius 1 is 1.09 bits per heavy atom. The number of hydrogen-bond donors (Lipinski definition) is 0. The molecule has 2 aromatic carbocycles. The zero-order valence-corrected chi connectivity index (χ0v) is 14.3. The van der Waals surface area contributed by atoms with Gasteiger partial charge in [0.15, 0.2) is 0 Å². The second-order valence-corrected chi connectivity index (χ2v) is 7.58. The Balaban J connectivity index is 1.57. The van der Waals surface area contributed by atoms with Gasteiger partial charge in [-0.25, -0.2) is 0 Å². The first-order valence-corrected chi connectivity index (χ1v) is 9.42. The molecule has 0 radical (unpaired) electrons. The summed E-state index contributed by atoms with van der Waals surface area (Å²) in [6.07, 6.45) is 0.867. The van der Waals surface area contributed by atoms with Crippen LogP contribution in [0.1, 0.15) is 16.7 Å². The fourth-order valence-corrected chi connectivity index (χ4v) is 4.01. The van der Waals surface area contributed by atoms with Crippen LogP contribution in [0.4, 0.5) is 0 Å². The van der Waals surface area contributed by atoms with Gasteiger partial charge in [-0.15, -0.1) is 0 Å². The molecule has 0 saturated carbocycles. The summed E-state index contributed by atoms with van der Waals surface area (Å²) >= 11 is 5.84. The van der Waals surface area contributed by atoms with Crippen LogP contribution in [0.2, 0.25) is 5.02 Å². The van der Waals surface area contributed by atoms with Gasteiger partial charge in [0.2, 0.25) is 5.91 Å². The predicted octanol–water partition coefficient (Wildman–Crippen LogP) is 3.17. The fourth-order valence-electron chi connectivity index (χ4n) is 2.76. The van der Waals surface area contributed by atoms with Crippen molar-refractivity contribution in [3.05, 3.63) is 70.2 Å². The summed E-state index contributed by atoms with van der Waals surface area (Å²) in [5.41, 5.74) is 3.43. The monoisotopic (exact) mass is 347 g/mol. The molecule has 23 heavy (non-hydrogen) atoms. The van der Waals surface area contributed by atoms with Crippen LogP contribution in [0.3, 0.4) is 0 Å². The predicted molar refractivity (Wildman–Crippen MR) is 93.7 cm³/mol. The van der Waals surface area contributed by atoms with Crippen molar-refractivity contribution in [3.8, 4) is 0 Å². The molecule has 0 aromatic heterocycles. The number of rotatable bonds is 4. The first kappa shape index (κ1) is 16.2. The first-order chi connectivity index (χ1) is 11.1. The van der Waals surface area contributed by atoms with Crippen molar-refractivity contribution in [2.24, 2.45) is 0 Å². The zero-order chi connectivity index (χ0) is 16.2. The van der Waals surface area contributed by atoms with E-state index in [1.54, 1.807) is 12.1 Å². The highest BCUT2D eigenvalue weighted by Gasteiger charge is 2.21. The van der Waals surface area contributed by atoms with E-state index in [4.69, 9.17) is 11.6 Å². The van der Waals surface area contributed by atoms with Crippen LogP contribution in [0.15, 0.2) is 48.5 Å². The number of carbonyl (C=O) groups is 1. The molecule has 0 saturated heterocycles. The minimum Gasteiger partial charge on any atom is -0.337 e. The molecule has 0 N–H and O–H groups in total. The summed E-state index contributed by atoms with van der Waals surface area (Å²) in [6.45, 7) is 1.32. The lowest BCUT2D eigenvalue weighted by Crippen LogP contribution is -2.38. The molecule has 1 aliphatic rings. The first-order valence-electron chi connectivity index (χ1n) is 7.56. The molecule has 0 aliphatic carbocycles. The van der Waals surface area contributed by atoms with E-state index in [-0.39, 0.29) is 11.7 Å². The highest BCUT2D eigenvalue weighted by molar-refractivity contribution is 7.84. The van der Waals surface area contributed by atoms with Crippen molar-refractivity contribution >= 4 is 28.3 Å². The van der Waals surface area contributed by atoms with Crippen molar-refractivity contribution in [1.82, 2.24) is 4.90 Å². The van der Waals surface area contributed by atoms with Crippen molar-refractivity contribution in [2.45, 2.75) is 18.7 Å². The molecular weight excluding hydrogens is 330 g/mol. The van der Waals surface area contributed by atoms with Crippen LogP contribution in [0, 0.1) is 0 Å². The van der Waals surface area contributed by atoms with Crippen molar-refractivity contribution < 1.29 is 9.00 Å². The number of carbonyl (C=O) groups excluding carboxylic acids is 1. The van der Waals surface area contributed by atoms with E-state index in [1.807, 2.05) is 29.2 Å². The Kier molecular flexibility index (Phi) is 5.13. The van der Waals surface area contributed by atoms with Gasteiger partial charge in [-0.2, -0.15) is 0 Å². The van der Waals surface area contributed by atoms with Gasteiger partial charge in [-0.05, 0) is 35.2 Å².